The zero-order valence-electron chi connectivity index (χ0n) is 12.1. The average Bonchev–Trinajstić information content (AvgIpc) is 3.24. The molecule has 1 heterocycles. The van der Waals surface area contributed by atoms with Crippen molar-refractivity contribution in [3.8, 4) is 0 Å². The lowest BCUT2D eigenvalue weighted by molar-refractivity contribution is -0.182. The van der Waals surface area contributed by atoms with E-state index in [1.54, 1.807) is 24.3 Å². The third-order valence-corrected chi connectivity index (χ3v) is 4.36. The third kappa shape index (κ3) is 2.46. The van der Waals surface area contributed by atoms with Crippen LogP contribution in [-0.4, -0.2) is 48.7 Å². The van der Waals surface area contributed by atoms with Gasteiger partial charge in [-0.15, -0.1) is 0 Å². The van der Waals surface area contributed by atoms with Gasteiger partial charge in [-0.25, -0.2) is 4.79 Å². The smallest absolute Gasteiger partial charge is 0.338 e. The lowest BCUT2D eigenvalue weighted by atomic mass is 9.94. The van der Waals surface area contributed by atoms with Crippen LogP contribution in [0.15, 0.2) is 30.3 Å². The van der Waals surface area contributed by atoms with Gasteiger partial charge in [-0.3, -0.25) is 0 Å². The fourth-order valence-electron chi connectivity index (χ4n) is 3.20. The van der Waals surface area contributed by atoms with E-state index in [0.29, 0.717) is 31.8 Å². The van der Waals surface area contributed by atoms with Crippen molar-refractivity contribution in [2.45, 2.75) is 24.5 Å². The first-order chi connectivity index (χ1) is 10.2. The molecule has 0 aromatic heterocycles. The molecule has 0 bridgehead atoms. The lowest BCUT2D eigenvalue weighted by Gasteiger charge is -2.38. The summed E-state index contributed by atoms with van der Waals surface area (Å²) >= 11 is 0. The van der Waals surface area contributed by atoms with Gasteiger partial charge in [0.2, 0.25) is 0 Å². The Morgan fingerprint density at radius 2 is 2.14 bits per heavy atom. The molecule has 1 aromatic carbocycles. The number of aliphatic hydroxyl groups is 1. The van der Waals surface area contributed by atoms with Crippen LogP contribution in [0.25, 0.3) is 0 Å². The first-order valence-corrected chi connectivity index (χ1v) is 7.27. The minimum absolute atomic E-state index is 0.00337. The highest BCUT2D eigenvalue weighted by molar-refractivity contribution is 5.89. The number of fused-ring (bicyclic) bond motifs is 1. The van der Waals surface area contributed by atoms with Crippen LogP contribution in [0, 0.1) is 5.92 Å². The average molecular weight is 292 g/mol. The van der Waals surface area contributed by atoms with Gasteiger partial charge in [0.25, 0.3) is 0 Å². The zero-order valence-corrected chi connectivity index (χ0v) is 12.1. The van der Waals surface area contributed by atoms with Crippen molar-refractivity contribution in [3.05, 3.63) is 35.9 Å². The van der Waals surface area contributed by atoms with Gasteiger partial charge in [0.1, 0.15) is 11.2 Å². The fraction of sp³-hybridized carbons (Fsp3) is 0.562. The minimum Gasteiger partial charge on any atom is -0.453 e. The summed E-state index contributed by atoms with van der Waals surface area (Å²) in [4.78, 5) is 12.2. The quantitative estimate of drug-likeness (QED) is 0.831. The Morgan fingerprint density at radius 3 is 2.81 bits per heavy atom. The molecule has 1 saturated carbocycles. The van der Waals surface area contributed by atoms with Crippen LogP contribution in [0.3, 0.4) is 0 Å². The van der Waals surface area contributed by atoms with Crippen LogP contribution < -0.4 is 0 Å². The molecule has 1 unspecified atom stereocenters. The summed E-state index contributed by atoms with van der Waals surface area (Å²) in [7, 11) is 0. The maximum Gasteiger partial charge on any atom is 0.338 e. The maximum atomic E-state index is 12.2. The van der Waals surface area contributed by atoms with Crippen LogP contribution in [-0.2, 0) is 14.2 Å². The molecular weight excluding hydrogens is 272 g/mol. The van der Waals surface area contributed by atoms with Gasteiger partial charge in [-0.05, 0) is 25.5 Å². The second kappa shape index (κ2) is 5.40. The molecule has 3 rings (SSSR count). The van der Waals surface area contributed by atoms with Crippen molar-refractivity contribution in [2.24, 2.45) is 5.92 Å². The molecule has 114 valence electrons. The molecule has 5 nitrogen and oxygen atoms in total. The van der Waals surface area contributed by atoms with Crippen LogP contribution >= 0.6 is 0 Å². The van der Waals surface area contributed by atoms with Crippen LogP contribution in [0.2, 0.25) is 0 Å². The topological polar surface area (TPSA) is 65.0 Å². The Hall–Kier alpha value is -1.43. The maximum absolute atomic E-state index is 12.2. The Labute approximate surface area is 123 Å². The summed E-state index contributed by atoms with van der Waals surface area (Å²) in [6.07, 6.45) is 0.673. The fourth-order valence-corrected chi connectivity index (χ4v) is 3.20. The van der Waals surface area contributed by atoms with Gasteiger partial charge in [0, 0.05) is 12.5 Å². The number of carbonyl (C=O) groups is 1. The highest BCUT2D eigenvalue weighted by atomic mass is 16.6. The van der Waals surface area contributed by atoms with E-state index in [-0.39, 0.29) is 18.5 Å². The van der Waals surface area contributed by atoms with Crippen molar-refractivity contribution in [2.75, 3.05) is 26.4 Å². The van der Waals surface area contributed by atoms with Gasteiger partial charge < -0.3 is 19.3 Å². The third-order valence-electron chi connectivity index (χ3n) is 4.36. The number of ether oxygens (including phenoxy) is 3. The van der Waals surface area contributed by atoms with E-state index in [9.17, 15) is 9.90 Å². The number of hydrogen-bond acceptors (Lipinski definition) is 5. The summed E-state index contributed by atoms with van der Waals surface area (Å²) < 4.78 is 17.0. The van der Waals surface area contributed by atoms with Crippen LogP contribution in [0.4, 0.5) is 0 Å². The molecule has 0 spiro atoms. The van der Waals surface area contributed by atoms with E-state index in [2.05, 4.69) is 0 Å². The minimum atomic E-state index is -0.746. The summed E-state index contributed by atoms with van der Waals surface area (Å²) in [6, 6.07) is 8.90. The molecule has 1 N–H and O–H groups in total. The van der Waals surface area contributed by atoms with E-state index in [0.717, 1.165) is 0 Å². The van der Waals surface area contributed by atoms with Gasteiger partial charge >= 0.3 is 5.97 Å². The first-order valence-electron chi connectivity index (χ1n) is 7.27. The molecule has 3 atom stereocenters. The Bertz CT molecular complexity index is 513. The van der Waals surface area contributed by atoms with E-state index < -0.39 is 11.2 Å². The number of aliphatic hydroxyl groups excluding tert-OH is 1. The Kier molecular flexibility index (Phi) is 3.73. The largest absolute Gasteiger partial charge is 0.453 e. The number of benzene rings is 1. The molecule has 1 aliphatic carbocycles. The number of hydrogen-bond donors (Lipinski definition) is 1. The van der Waals surface area contributed by atoms with Crippen LogP contribution in [0.5, 0.6) is 0 Å². The van der Waals surface area contributed by atoms with Gasteiger partial charge in [0.05, 0.1) is 25.4 Å². The van der Waals surface area contributed by atoms with Gasteiger partial charge in [-0.2, -0.15) is 0 Å². The first kappa shape index (κ1) is 14.5. The standard InChI is InChI=1S/C16H20O5/c1-2-20-16(9-17)11-19-10-15(8-13(15)16)21-14(18)12-6-4-3-5-7-12/h3-7,13,17H,2,8-11H2,1H3/t13-,15-,16?/m0/s1. The predicted octanol–water partition coefficient (Wildman–Crippen LogP) is 1.40. The highest BCUT2D eigenvalue weighted by Gasteiger charge is 2.70. The monoisotopic (exact) mass is 292 g/mol. The molecule has 0 radical (unpaired) electrons. The lowest BCUT2D eigenvalue weighted by Crippen LogP contribution is -2.52. The summed E-state index contributed by atoms with van der Waals surface area (Å²) in [6.45, 7) is 2.95. The molecule has 1 saturated heterocycles. The molecule has 0 amide bonds. The SMILES string of the molecule is CCOC1(CO)COC[C@@]2(OC(=O)c3ccccc3)C[C@H]12. The molecule has 1 aliphatic heterocycles. The second-order valence-electron chi connectivity index (χ2n) is 5.73. The normalized spacial score (nSPS) is 34.1. The van der Waals surface area contributed by atoms with Crippen molar-refractivity contribution < 1.29 is 24.1 Å². The summed E-state index contributed by atoms with van der Waals surface area (Å²) in [5.74, 6) is -0.358. The van der Waals surface area contributed by atoms with Gasteiger partial charge in [0.15, 0.2) is 0 Å². The molecule has 2 fully saturated rings. The number of rotatable bonds is 5. The van der Waals surface area contributed by atoms with E-state index >= 15 is 0 Å². The summed E-state index contributed by atoms with van der Waals surface area (Å²) in [5, 5.41) is 9.69. The van der Waals surface area contributed by atoms with E-state index in [1.807, 2.05) is 13.0 Å². The Morgan fingerprint density at radius 1 is 1.38 bits per heavy atom. The van der Waals surface area contributed by atoms with Crippen molar-refractivity contribution >= 4 is 5.97 Å². The zero-order chi connectivity index (χ0) is 14.9. The molecule has 5 heteroatoms. The van der Waals surface area contributed by atoms with Gasteiger partial charge in [-0.1, -0.05) is 18.2 Å². The van der Waals surface area contributed by atoms with Crippen LogP contribution in [0.1, 0.15) is 23.7 Å². The Balaban J connectivity index is 1.74. The molecule has 2 aliphatic rings. The van der Waals surface area contributed by atoms with Crippen molar-refractivity contribution in [3.63, 3.8) is 0 Å². The molecular formula is C16H20O5. The van der Waals surface area contributed by atoms with E-state index in [4.69, 9.17) is 14.2 Å². The van der Waals surface area contributed by atoms with Crippen molar-refractivity contribution in [1.29, 1.82) is 0 Å². The summed E-state index contributed by atoms with van der Waals surface area (Å²) in [5.41, 5.74) is -0.873. The highest BCUT2D eigenvalue weighted by Crippen LogP contribution is 2.57. The molecule has 21 heavy (non-hydrogen) atoms. The number of esters is 1. The van der Waals surface area contributed by atoms with Crippen molar-refractivity contribution in [1.82, 2.24) is 0 Å². The molecule has 1 aromatic rings. The number of carbonyl (C=O) groups excluding carboxylic acids is 1. The predicted molar refractivity (Wildman–Crippen MR) is 75.0 cm³/mol. The second-order valence-corrected chi connectivity index (χ2v) is 5.73. The van der Waals surface area contributed by atoms with E-state index in [1.165, 1.54) is 0 Å².